The van der Waals surface area contributed by atoms with Gasteiger partial charge in [0.2, 0.25) is 0 Å². The van der Waals surface area contributed by atoms with Gasteiger partial charge in [-0.05, 0) is 12.8 Å². The lowest BCUT2D eigenvalue weighted by Gasteiger charge is -2.10. The number of thiol groups is 1. The zero-order valence-electron chi connectivity index (χ0n) is 13.4. The summed E-state index contributed by atoms with van der Waals surface area (Å²) in [5.41, 5.74) is 0. The third-order valence-corrected chi connectivity index (χ3v) is 3.53. The molecule has 5 heteroatoms. The molecule has 0 aromatic rings. The lowest BCUT2D eigenvalue weighted by Crippen LogP contribution is -2.23. The number of hydrogen-bond donors (Lipinski definition) is 1. The Bertz CT molecular complexity index is 281. The van der Waals surface area contributed by atoms with E-state index in [0.717, 1.165) is 51.4 Å². The average Bonchev–Trinajstić information content (AvgIpc) is 2.46. The first-order chi connectivity index (χ1) is 10.1. The second-order valence-electron chi connectivity index (χ2n) is 5.23. The van der Waals surface area contributed by atoms with Gasteiger partial charge in [-0.15, -0.1) is 0 Å². The van der Waals surface area contributed by atoms with Gasteiger partial charge in [0.25, 0.3) is 0 Å². The van der Waals surface area contributed by atoms with Crippen molar-refractivity contribution in [3.05, 3.63) is 0 Å². The number of ether oxygens (including phenoxy) is 2. The molecule has 0 bridgehead atoms. The van der Waals surface area contributed by atoms with Gasteiger partial charge in [0, 0.05) is 0 Å². The van der Waals surface area contributed by atoms with Gasteiger partial charge < -0.3 is 9.47 Å². The molecule has 4 nitrogen and oxygen atoms in total. The highest BCUT2D eigenvalue weighted by atomic mass is 32.1. The van der Waals surface area contributed by atoms with Crippen LogP contribution >= 0.6 is 12.6 Å². The van der Waals surface area contributed by atoms with Gasteiger partial charge in [-0.2, -0.15) is 12.6 Å². The Balaban J connectivity index is 3.62. The highest BCUT2D eigenvalue weighted by Crippen LogP contribution is 2.08. The van der Waals surface area contributed by atoms with E-state index in [1.54, 1.807) is 0 Å². The number of esters is 2. The van der Waals surface area contributed by atoms with Crippen LogP contribution in [0.15, 0.2) is 0 Å². The molecule has 0 spiro atoms. The van der Waals surface area contributed by atoms with Crippen LogP contribution in [0.2, 0.25) is 0 Å². The third-order valence-electron chi connectivity index (χ3n) is 3.14. The predicted molar refractivity (Wildman–Crippen MR) is 87.6 cm³/mol. The average molecular weight is 318 g/mol. The van der Waals surface area contributed by atoms with Crippen LogP contribution in [-0.4, -0.2) is 30.4 Å². The molecule has 0 amide bonds. The quantitative estimate of drug-likeness (QED) is 0.318. The standard InChI is InChI=1S/C16H30O4S/c1-3-5-7-9-11-19-15(17)13-14(21)16(18)20-12-10-8-6-4-2/h14,21H,3-13H2,1-2H3. The fourth-order valence-electron chi connectivity index (χ4n) is 1.81. The summed E-state index contributed by atoms with van der Waals surface area (Å²) in [4.78, 5) is 23.1. The molecule has 0 aliphatic carbocycles. The van der Waals surface area contributed by atoms with Crippen LogP contribution in [0.5, 0.6) is 0 Å². The summed E-state index contributed by atoms with van der Waals surface area (Å²) in [5, 5.41) is -0.723. The second kappa shape index (κ2) is 14.2. The van der Waals surface area contributed by atoms with Crippen molar-refractivity contribution < 1.29 is 19.1 Å². The molecule has 0 N–H and O–H groups in total. The topological polar surface area (TPSA) is 52.6 Å². The van der Waals surface area contributed by atoms with E-state index in [1.807, 2.05) is 0 Å². The highest BCUT2D eigenvalue weighted by Gasteiger charge is 2.20. The maximum Gasteiger partial charge on any atom is 0.319 e. The van der Waals surface area contributed by atoms with E-state index in [9.17, 15) is 9.59 Å². The van der Waals surface area contributed by atoms with Crippen LogP contribution in [0, 0.1) is 0 Å². The van der Waals surface area contributed by atoms with Gasteiger partial charge in [0.1, 0.15) is 5.25 Å². The van der Waals surface area contributed by atoms with E-state index in [-0.39, 0.29) is 12.4 Å². The van der Waals surface area contributed by atoms with Crippen molar-refractivity contribution in [1.82, 2.24) is 0 Å². The number of rotatable bonds is 13. The normalized spacial score (nSPS) is 12.0. The number of hydrogen-bond acceptors (Lipinski definition) is 5. The summed E-state index contributed by atoms with van der Waals surface area (Å²) in [7, 11) is 0. The first kappa shape index (κ1) is 20.3. The minimum absolute atomic E-state index is 0.0231. The lowest BCUT2D eigenvalue weighted by atomic mass is 10.2. The van der Waals surface area contributed by atoms with Crippen molar-refractivity contribution >= 4 is 24.6 Å². The molecule has 21 heavy (non-hydrogen) atoms. The molecule has 0 fully saturated rings. The maximum atomic E-state index is 11.6. The Morgan fingerprint density at radius 2 is 1.38 bits per heavy atom. The first-order valence-electron chi connectivity index (χ1n) is 8.12. The molecule has 1 atom stereocenters. The maximum absolute atomic E-state index is 11.6. The van der Waals surface area contributed by atoms with E-state index < -0.39 is 11.2 Å². The van der Waals surface area contributed by atoms with E-state index in [2.05, 4.69) is 26.5 Å². The minimum atomic E-state index is -0.723. The molecule has 0 aromatic carbocycles. The summed E-state index contributed by atoms with van der Waals surface area (Å²) in [6.07, 6.45) is 8.42. The van der Waals surface area contributed by atoms with Crippen LogP contribution in [0.3, 0.4) is 0 Å². The van der Waals surface area contributed by atoms with E-state index in [0.29, 0.717) is 13.2 Å². The Morgan fingerprint density at radius 3 is 1.90 bits per heavy atom. The summed E-state index contributed by atoms with van der Waals surface area (Å²) in [5.74, 6) is -0.813. The van der Waals surface area contributed by atoms with Crippen LogP contribution < -0.4 is 0 Å². The summed E-state index contributed by atoms with van der Waals surface area (Å²) < 4.78 is 10.2. The second-order valence-corrected chi connectivity index (χ2v) is 5.85. The minimum Gasteiger partial charge on any atom is -0.466 e. The van der Waals surface area contributed by atoms with Gasteiger partial charge in [-0.1, -0.05) is 52.4 Å². The number of carbonyl (C=O) groups excluding carboxylic acids is 2. The molecule has 1 unspecified atom stereocenters. The fourth-order valence-corrected chi connectivity index (χ4v) is 2.04. The van der Waals surface area contributed by atoms with Crippen LogP contribution in [0.4, 0.5) is 0 Å². The van der Waals surface area contributed by atoms with Gasteiger partial charge in [-0.3, -0.25) is 9.59 Å². The number of carbonyl (C=O) groups is 2. The van der Waals surface area contributed by atoms with Gasteiger partial charge in [0.05, 0.1) is 19.6 Å². The lowest BCUT2D eigenvalue weighted by molar-refractivity contribution is -0.149. The molecular weight excluding hydrogens is 288 g/mol. The summed E-state index contributed by atoms with van der Waals surface area (Å²) in [6, 6.07) is 0. The van der Waals surface area contributed by atoms with Gasteiger partial charge in [0.15, 0.2) is 0 Å². The molecule has 124 valence electrons. The van der Waals surface area contributed by atoms with Crippen molar-refractivity contribution in [3.63, 3.8) is 0 Å². The summed E-state index contributed by atoms with van der Waals surface area (Å²) >= 11 is 4.11. The molecule has 0 aliphatic heterocycles. The molecule has 0 radical (unpaired) electrons. The van der Waals surface area contributed by atoms with Crippen molar-refractivity contribution in [2.75, 3.05) is 13.2 Å². The molecular formula is C16H30O4S. The zero-order chi connectivity index (χ0) is 15.9. The summed E-state index contributed by atoms with van der Waals surface area (Å²) in [6.45, 7) is 5.09. The van der Waals surface area contributed by atoms with Gasteiger partial charge >= 0.3 is 11.9 Å². The number of unbranched alkanes of at least 4 members (excludes halogenated alkanes) is 6. The van der Waals surface area contributed by atoms with E-state index in [4.69, 9.17) is 9.47 Å². The third kappa shape index (κ3) is 12.7. The highest BCUT2D eigenvalue weighted by molar-refractivity contribution is 7.81. The van der Waals surface area contributed by atoms with E-state index in [1.165, 1.54) is 0 Å². The molecule has 0 saturated heterocycles. The zero-order valence-corrected chi connectivity index (χ0v) is 14.3. The molecule has 0 saturated carbocycles. The molecule has 0 aliphatic rings. The largest absolute Gasteiger partial charge is 0.466 e. The van der Waals surface area contributed by atoms with Crippen molar-refractivity contribution in [3.8, 4) is 0 Å². The first-order valence-corrected chi connectivity index (χ1v) is 8.63. The van der Waals surface area contributed by atoms with Crippen molar-refractivity contribution in [2.24, 2.45) is 0 Å². The smallest absolute Gasteiger partial charge is 0.319 e. The van der Waals surface area contributed by atoms with Crippen LogP contribution in [-0.2, 0) is 19.1 Å². The Kier molecular flexibility index (Phi) is 13.8. The Hall–Kier alpha value is -0.710. The monoisotopic (exact) mass is 318 g/mol. The van der Waals surface area contributed by atoms with Crippen LogP contribution in [0.1, 0.15) is 71.6 Å². The Labute approximate surface area is 134 Å². The van der Waals surface area contributed by atoms with Crippen molar-refractivity contribution in [2.45, 2.75) is 76.9 Å². The SMILES string of the molecule is CCCCCCOC(=O)CC(S)C(=O)OCCCCCC. The Morgan fingerprint density at radius 1 is 0.857 bits per heavy atom. The van der Waals surface area contributed by atoms with Gasteiger partial charge in [-0.25, -0.2) is 0 Å². The van der Waals surface area contributed by atoms with Crippen LogP contribution in [0.25, 0.3) is 0 Å². The fraction of sp³-hybridized carbons (Fsp3) is 0.875. The van der Waals surface area contributed by atoms with Crippen molar-refractivity contribution in [1.29, 1.82) is 0 Å². The molecule has 0 heterocycles. The van der Waals surface area contributed by atoms with E-state index >= 15 is 0 Å². The molecule has 0 rings (SSSR count). The molecule has 0 aromatic heterocycles. The predicted octanol–water partition coefficient (Wildman–Crippen LogP) is 3.92.